The second kappa shape index (κ2) is 11.4. The molecule has 0 aliphatic carbocycles. The Hall–Kier alpha value is -1.22. The van der Waals surface area contributed by atoms with Crippen LogP contribution in [-0.2, 0) is 0 Å². The van der Waals surface area contributed by atoms with E-state index in [1.165, 1.54) is 19.3 Å². The molecule has 0 atom stereocenters. The summed E-state index contributed by atoms with van der Waals surface area (Å²) in [5, 5.41) is 3.48. The molecule has 0 bridgehead atoms. The molecule has 3 nitrogen and oxygen atoms in total. The molecule has 0 unspecified atom stereocenters. The van der Waals surface area contributed by atoms with Crippen molar-refractivity contribution in [1.82, 2.24) is 5.32 Å². The monoisotopic (exact) mass is 293 g/mol. The highest BCUT2D eigenvalue weighted by atomic mass is 16.5. The minimum absolute atomic E-state index is 0.670. The van der Waals surface area contributed by atoms with Crippen LogP contribution in [0.4, 0.5) is 0 Å². The summed E-state index contributed by atoms with van der Waals surface area (Å²) in [6.07, 6.45) is 4.84. The standard InChI is InChI=1S/C18H31NO2/c1-4-20-17-11-7-8-12-18(17)21-14-10-6-5-9-13-19-15-16(2)3/h7-8,11-12,16,19H,4-6,9-10,13-15H2,1-3H3. The molecule has 1 aromatic carbocycles. The van der Waals surface area contributed by atoms with Gasteiger partial charge in [-0.1, -0.05) is 38.8 Å². The van der Waals surface area contributed by atoms with Gasteiger partial charge in [-0.15, -0.1) is 0 Å². The predicted octanol–water partition coefficient (Wildman–Crippen LogP) is 4.27. The van der Waals surface area contributed by atoms with E-state index in [1.54, 1.807) is 0 Å². The van der Waals surface area contributed by atoms with E-state index in [4.69, 9.17) is 9.47 Å². The molecule has 3 heteroatoms. The van der Waals surface area contributed by atoms with Crippen molar-refractivity contribution in [1.29, 1.82) is 0 Å². The maximum atomic E-state index is 5.81. The van der Waals surface area contributed by atoms with Crippen molar-refractivity contribution in [2.45, 2.75) is 46.5 Å². The first-order valence-corrected chi connectivity index (χ1v) is 8.29. The van der Waals surface area contributed by atoms with E-state index in [1.807, 2.05) is 31.2 Å². The van der Waals surface area contributed by atoms with Crippen LogP contribution >= 0.6 is 0 Å². The van der Waals surface area contributed by atoms with E-state index in [9.17, 15) is 0 Å². The summed E-state index contributed by atoms with van der Waals surface area (Å²) in [5.74, 6) is 2.44. The van der Waals surface area contributed by atoms with Gasteiger partial charge in [-0.25, -0.2) is 0 Å². The topological polar surface area (TPSA) is 30.5 Å². The highest BCUT2D eigenvalue weighted by Crippen LogP contribution is 2.26. The number of para-hydroxylation sites is 2. The summed E-state index contributed by atoms with van der Waals surface area (Å²) < 4.78 is 11.4. The number of ether oxygens (including phenoxy) is 2. The average Bonchev–Trinajstić information content (AvgIpc) is 2.47. The van der Waals surface area contributed by atoms with Crippen LogP contribution < -0.4 is 14.8 Å². The Morgan fingerprint density at radius 3 is 2.29 bits per heavy atom. The lowest BCUT2D eigenvalue weighted by atomic mass is 10.2. The molecule has 0 amide bonds. The van der Waals surface area contributed by atoms with Gasteiger partial charge in [0.2, 0.25) is 0 Å². The van der Waals surface area contributed by atoms with Gasteiger partial charge in [0.05, 0.1) is 13.2 Å². The lowest BCUT2D eigenvalue weighted by Crippen LogP contribution is -2.20. The zero-order valence-electron chi connectivity index (χ0n) is 13.9. The van der Waals surface area contributed by atoms with Crippen LogP contribution in [0.1, 0.15) is 46.5 Å². The molecule has 0 radical (unpaired) electrons. The Labute approximate surface area is 130 Å². The third-order valence-corrected chi connectivity index (χ3v) is 3.21. The van der Waals surface area contributed by atoms with Crippen molar-refractivity contribution in [3.05, 3.63) is 24.3 Å². The largest absolute Gasteiger partial charge is 0.490 e. The molecule has 0 heterocycles. The quantitative estimate of drug-likeness (QED) is 0.584. The third-order valence-electron chi connectivity index (χ3n) is 3.21. The Bertz CT molecular complexity index is 366. The van der Waals surface area contributed by atoms with Gasteiger partial charge in [0.15, 0.2) is 11.5 Å². The van der Waals surface area contributed by atoms with Crippen molar-refractivity contribution in [3.8, 4) is 11.5 Å². The molecule has 0 aliphatic rings. The molecule has 0 saturated carbocycles. The normalized spacial score (nSPS) is 10.9. The highest BCUT2D eigenvalue weighted by molar-refractivity contribution is 5.39. The second-order valence-electron chi connectivity index (χ2n) is 5.74. The van der Waals surface area contributed by atoms with Gasteiger partial charge >= 0.3 is 0 Å². The number of rotatable bonds is 12. The maximum Gasteiger partial charge on any atom is 0.161 e. The van der Waals surface area contributed by atoms with Crippen molar-refractivity contribution in [2.24, 2.45) is 5.92 Å². The fourth-order valence-electron chi connectivity index (χ4n) is 2.12. The minimum Gasteiger partial charge on any atom is -0.490 e. The lowest BCUT2D eigenvalue weighted by molar-refractivity contribution is 0.270. The van der Waals surface area contributed by atoms with Gasteiger partial charge in [0.1, 0.15) is 0 Å². The molecule has 1 N–H and O–H groups in total. The molecule has 0 spiro atoms. The van der Waals surface area contributed by atoms with E-state index < -0.39 is 0 Å². The molecule has 0 fully saturated rings. The first-order chi connectivity index (χ1) is 10.2. The van der Waals surface area contributed by atoms with E-state index in [0.717, 1.165) is 43.5 Å². The Morgan fingerprint density at radius 1 is 0.952 bits per heavy atom. The van der Waals surface area contributed by atoms with Crippen LogP contribution in [0.5, 0.6) is 11.5 Å². The molecule has 0 saturated heterocycles. The van der Waals surface area contributed by atoms with Gasteiger partial charge in [0, 0.05) is 0 Å². The summed E-state index contributed by atoms with van der Waals surface area (Å²) in [7, 11) is 0. The van der Waals surface area contributed by atoms with Gasteiger partial charge in [0.25, 0.3) is 0 Å². The van der Waals surface area contributed by atoms with Crippen LogP contribution in [0, 0.1) is 5.92 Å². The van der Waals surface area contributed by atoms with Gasteiger partial charge in [-0.2, -0.15) is 0 Å². The fourth-order valence-corrected chi connectivity index (χ4v) is 2.12. The van der Waals surface area contributed by atoms with Crippen molar-refractivity contribution < 1.29 is 9.47 Å². The number of nitrogens with one attached hydrogen (secondary N) is 1. The van der Waals surface area contributed by atoms with Gasteiger partial charge in [-0.3, -0.25) is 0 Å². The summed E-state index contributed by atoms with van der Waals surface area (Å²) in [5.41, 5.74) is 0. The summed E-state index contributed by atoms with van der Waals surface area (Å²) in [6.45, 7) is 10.2. The number of hydrogen-bond acceptors (Lipinski definition) is 3. The van der Waals surface area contributed by atoms with E-state index in [2.05, 4.69) is 19.2 Å². The first-order valence-electron chi connectivity index (χ1n) is 8.29. The molecule has 0 aliphatic heterocycles. The number of benzene rings is 1. The van der Waals surface area contributed by atoms with Crippen molar-refractivity contribution in [2.75, 3.05) is 26.3 Å². The first kappa shape index (κ1) is 17.8. The molecule has 0 aromatic heterocycles. The number of unbranched alkanes of at least 4 members (excludes halogenated alkanes) is 3. The Morgan fingerprint density at radius 2 is 1.62 bits per heavy atom. The Kier molecular flexibility index (Phi) is 9.71. The Balaban J connectivity index is 2.04. The van der Waals surface area contributed by atoms with Crippen LogP contribution in [0.15, 0.2) is 24.3 Å². The van der Waals surface area contributed by atoms with Crippen LogP contribution in [0.2, 0.25) is 0 Å². The van der Waals surface area contributed by atoms with E-state index in [0.29, 0.717) is 6.61 Å². The second-order valence-corrected chi connectivity index (χ2v) is 5.74. The minimum atomic E-state index is 0.670. The molecule has 1 rings (SSSR count). The smallest absolute Gasteiger partial charge is 0.161 e. The average molecular weight is 293 g/mol. The van der Waals surface area contributed by atoms with Crippen LogP contribution in [0.25, 0.3) is 0 Å². The molecule has 120 valence electrons. The number of hydrogen-bond donors (Lipinski definition) is 1. The molecule has 1 aromatic rings. The fraction of sp³-hybridized carbons (Fsp3) is 0.667. The van der Waals surface area contributed by atoms with Crippen molar-refractivity contribution >= 4 is 0 Å². The third kappa shape index (κ3) is 8.61. The van der Waals surface area contributed by atoms with Gasteiger partial charge < -0.3 is 14.8 Å². The molecular weight excluding hydrogens is 262 g/mol. The lowest BCUT2D eigenvalue weighted by Gasteiger charge is -2.11. The summed E-state index contributed by atoms with van der Waals surface area (Å²) in [6, 6.07) is 7.89. The summed E-state index contributed by atoms with van der Waals surface area (Å²) >= 11 is 0. The van der Waals surface area contributed by atoms with Crippen LogP contribution in [0.3, 0.4) is 0 Å². The van der Waals surface area contributed by atoms with E-state index >= 15 is 0 Å². The molecule has 21 heavy (non-hydrogen) atoms. The predicted molar refractivity (Wildman–Crippen MR) is 89.3 cm³/mol. The van der Waals surface area contributed by atoms with Crippen LogP contribution in [-0.4, -0.2) is 26.3 Å². The highest BCUT2D eigenvalue weighted by Gasteiger charge is 2.02. The molecular formula is C18H31NO2. The summed E-state index contributed by atoms with van der Waals surface area (Å²) in [4.78, 5) is 0. The van der Waals surface area contributed by atoms with Gasteiger partial charge in [-0.05, 0) is 50.9 Å². The SMILES string of the molecule is CCOc1ccccc1OCCCCCCNCC(C)C. The maximum absolute atomic E-state index is 5.81. The van der Waals surface area contributed by atoms with Crippen molar-refractivity contribution in [3.63, 3.8) is 0 Å². The zero-order valence-corrected chi connectivity index (χ0v) is 13.9. The van der Waals surface area contributed by atoms with E-state index in [-0.39, 0.29) is 0 Å². The zero-order chi connectivity index (χ0) is 15.3.